The minimum Gasteiger partial charge on any atom is -0.369 e. The first-order valence-corrected chi connectivity index (χ1v) is 9.54. The van der Waals surface area contributed by atoms with Crippen LogP contribution in [0.4, 0.5) is 11.4 Å². The van der Waals surface area contributed by atoms with E-state index in [1.807, 2.05) is 24.3 Å². The molecule has 0 spiro atoms. The zero-order chi connectivity index (χ0) is 16.3. The Bertz CT molecular complexity index is 654. The number of carbonyl (C=O) groups is 1. The monoisotopic (exact) mass is 339 g/mol. The fourth-order valence-electron chi connectivity index (χ4n) is 2.73. The largest absolute Gasteiger partial charge is 0.369 e. The summed E-state index contributed by atoms with van der Waals surface area (Å²) in [6.07, 6.45) is -0.929. The molecule has 2 saturated heterocycles. The summed E-state index contributed by atoms with van der Waals surface area (Å²) in [5, 5.41) is 6.02. The lowest BCUT2D eigenvalue weighted by molar-refractivity contribution is -0.126. The van der Waals surface area contributed by atoms with E-state index in [4.69, 9.17) is 4.74 Å². The van der Waals surface area contributed by atoms with Gasteiger partial charge in [-0.25, -0.2) is 8.42 Å². The van der Waals surface area contributed by atoms with Gasteiger partial charge in [0.1, 0.15) is 0 Å². The van der Waals surface area contributed by atoms with Crippen LogP contribution in [0.2, 0.25) is 0 Å². The van der Waals surface area contributed by atoms with E-state index in [9.17, 15) is 13.2 Å². The molecule has 1 aromatic carbocycles. The highest BCUT2D eigenvalue weighted by Gasteiger charge is 2.30. The van der Waals surface area contributed by atoms with Gasteiger partial charge in [0, 0.05) is 37.6 Å². The summed E-state index contributed by atoms with van der Waals surface area (Å²) in [6.45, 7) is 3.92. The molecule has 8 heteroatoms. The number of anilines is 2. The van der Waals surface area contributed by atoms with Crippen LogP contribution in [0.1, 0.15) is 0 Å². The third-order valence-corrected chi connectivity index (χ3v) is 5.63. The summed E-state index contributed by atoms with van der Waals surface area (Å²) in [4.78, 5) is 14.4. The first-order valence-electron chi connectivity index (χ1n) is 7.72. The minimum absolute atomic E-state index is 0.0177. The van der Waals surface area contributed by atoms with Gasteiger partial charge in [0.05, 0.1) is 18.1 Å². The third-order valence-electron chi connectivity index (χ3n) is 4.03. The average molecular weight is 339 g/mol. The molecule has 1 aromatic rings. The number of piperazine rings is 1. The molecule has 7 nitrogen and oxygen atoms in total. The van der Waals surface area contributed by atoms with Crippen molar-refractivity contribution < 1.29 is 17.9 Å². The van der Waals surface area contributed by atoms with E-state index in [1.54, 1.807) is 0 Å². The second kappa shape index (κ2) is 6.86. The maximum atomic E-state index is 12.1. The summed E-state index contributed by atoms with van der Waals surface area (Å²) in [7, 11) is -3.19. The molecular weight excluding hydrogens is 318 g/mol. The van der Waals surface area contributed by atoms with Gasteiger partial charge in [-0.15, -0.1) is 0 Å². The van der Waals surface area contributed by atoms with E-state index < -0.39 is 21.8 Å². The summed E-state index contributed by atoms with van der Waals surface area (Å²) in [5.41, 5.74) is 1.75. The predicted molar refractivity (Wildman–Crippen MR) is 88.5 cm³/mol. The van der Waals surface area contributed by atoms with Crippen molar-refractivity contribution in [3.05, 3.63) is 24.3 Å². The number of ether oxygens (including phenoxy) is 1. The lowest BCUT2D eigenvalue weighted by Gasteiger charge is -2.29. The normalized spacial score (nSPS) is 24.2. The minimum atomic E-state index is -3.19. The van der Waals surface area contributed by atoms with Gasteiger partial charge in [-0.3, -0.25) is 4.79 Å². The van der Waals surface area contributed by atoms with E-state index in [0.29, 0.717) is 5.69 Å². The van der Waals surface area contributed by atoms with Crippen molar-refractivity contribution >= 4 is 27.1 Å². The average Bonchev–Trinajstić information content (AvgIpc) is 2.55. The van der Waals surface area contributed by atoms with E-state index in [-0.39, 0.29) is 18.1 Å². The van der Waals surface area contributed by atoms with Gasteiger partial charge < -0.3 is 20.3 Å². The fourth-order valence-corrected chi connectivity index (χ4v) is 3.96. The number of benzene rings is 1. The van der Waals surface area contributed by atoms with E-state index in [1.165, 1.54) is 0 Å². The highest BCUT2D eigenvalue weighted by Crippen LogP contribution is 2.19. The number of hydrogen-bond acceptors (Lipinski definition) is 6. The van der Waals surface area contributed by atoms with Crippen molar-refractivity contribution in [3.8, 4) is 0 Å². The van der Waals surface area contributed by atoms with Gasteiger partial charge in [0.2, 0.25) is 0 Å². The Labute approximate surface area is 135 Å². The van der Waals surface area contributed by atoms with Crippen LogP contribution >= 0.6 is 0 Å². The number of nitrogens with zero attached hydrogens (tertiary/aromatic N) is 1. The molecule has 0 bridgehead atoms. The molecule has 0 aliphatic carbocycles. The highest BCUT2D eigenvalue weighted by molar-refractivity contribution is 7.91. The first kappa shape index (κ1) is 16.2. The van der Waals surface area contributed by atoms with Gasteiger partial charge in [0.25, 0.3) is 5.91 Å². The Hall–Kier alpha value is -1.64. The molecular formula is C15H21N3O4S. The second-order valence-electron chi connectivity index (χ2n) is 5.75. The van der Waals surface area contributed by atoms with E-state index >= 15 is 0 Å². The zero-order valence-electron chi connectivity index (χ0n) is 12.8. The van der Waals surface area contributed by atoms with Gasteiger partial charge in [-0.05, 0) is 24.3 Å². The van der Waals surface area contributed by atoms with Crippen LogP contribution in [0.15, 0.2) is 24.3 Å². The van der Waals surface area contributed by atoms with Crippen LogP contribution in [-0.4, -0.2) is 64.7 Å². The molecule has 2 aliphatic heterocycles. The van der Waals surface area contributed by atoms with Crippen LogP contribution in [-0.2, 0) is 19.4 Å². The van der Waals surface area contributed by atoms with Gasteiger partial charge in [-0.2, -0.15) is 0 Å². The second-order valence-corrected chi connectivity index (χ2v) is 7.98. The molecule has 1 amide bonds. The van der Waals surface area contributed by atoms with Crippen LogP contribution in [0.25, 0.3) is 0 Å². The summed E-state index contributed by atoms with van der Waals surface area (Å²) in [5.74, 6) is -0.684. The Morgan fingerprint density at radius 3 is 2.57 bits per heavy atom. The number of carbonyl (C=O) groups excluding carboxylic acids is 1. The van der Waals surface area contributed by atoms with E-state index in [2.05, 4.69) is 15.5 Å². The first-order chi connectivity index (χ1) is 11.0. The smallest absolute Gasteiger partial charge is 0.254 e. The SMILES string of the molecule is O=C(Nc1ccc(N2CCNCC2)cc1)C1CS(=O)(=O)CCO1. The molecule has 2 N–H and O–H groups in total. The maximum Gasteiger partial charge on any atom is 0.254 e. The fraction of sp³-hybridized carbons (Fsp3) is 0.533. The van der Waals surface area contributed by atoms with Crippen molar-refractivity contribution in [2.75, 3.05) is 54.5 Å². The number of hydrogen-bond donors (Lipinski definition) is 2. The quantitative estimate of drug-likeness (QED) is 0.796. The molecule has 0 radical (unpaired) electrons. The molecule has 2 aliphatic rings. The van der Waals surface area contributed by atoms with Crippen LogP contribution in [0, 0.1) is 0 Å². The Kier molecular flexibility index (Phi) is 4.84. The van der Waals surface area contributed by atoms with Gasteiger partial charge >= 0.3 is 0 Å². The summed E-state index contributed by atoms with van der Waals surface area (Å²) in [6, 6.07) is 7.57. The summed E-state index contributed by atoms with van der Waals surface area (Å²) < 4.78 is 28.4. The van der Waals surface area contributed by atoms with Crippen LogP contribution in [0.5, 0.6) is 0 Å². The van der Waals surface area contributed by atoms with E-state index in [0.717, 1.165) is 31.9 Å². The lowest BCUT2D eigenvalue weighted by Crippen LogP contribution is -2.43. The summed E-state index contributed by atoms with van der Waals surface area (Å²) >= 11 is 0. The van der Waals surface area contributed by atoms with Crippen molar-refractivity contribution in [1.29, 1.82) is 0 Å². The standard InChI is InChI=1S/C15H21N3O4S/c19-15(14-11-23(20,21)10-9-22-14)17-12-1-3-13(4-2-12)18-7-5-16-6-8-18/h1-4,14,16H,5-11H2,(H,17,19). The molecule has 3 rings (SSSR count). The Morgan fingerprint density at radius 1 is 1.22 bits per heavy atom. The van der Waals surface area contributed by atoms with Crippen molar-refractivity contribution in [2.24, 2.45) is 0 Å². The van der Waals surface area contributed by atoms with Crippen molar-refractivity contribution in [2.45, 2.75) is 6.10 Å². The Balaban J connectivity index is 1.60. The molecule has 1 unspecified atom stereocenters. The molecule has 2 fully saturated rings. The molecule has 0 saturated carbocycles. The van der Waals surface area contributed by atoms with Crippen molar-refractivity contribution in [1.82, 2.24) is 5.32 Å². The van der Waals surface area contributed by atoms with Gasteiger partial charge in [0.15, 0.2) is 15.9 Å². The number of sulfone groups is 1. The topological polar surface area (TPSA) is 87.7 Å². The number of rotatable bonds is 3. The molecule has 126 valence electrons. The maximum absolute atomic E-state index is 12.1. The lowest BCUT2D eigenvalue weighted by atomic mass is 10.2. The van der Waals surface area contributed by atoms with Gasteiger partial charge in [-0.1, -0.05) is 0 Å². The van der Waals surface area contributed by atoms with Crippen LogP contribution < -0.4 is 15.5 Å². The zero-order valence-corrected chi connectivity index (χ0v) is 13.6. The molecule has 2 heterocycles. The number of nitrogens with one attached hydrogen (secondary N) is 2. The molecule has 0 aromatic heterocycles. The predicted octanol–water partition coefficient (Wildman–Crippen LogP) is -0.152. The van der Waals surface area contributed by atoms with Crippen molar-refractivity contribution in [3.63, 3.8) is 0 Å². The third kappa shape index (κ3) is 4.21. The number of amides is 1. The molecule has 1 atom stereocenters. The molecule has 23 heavy (non-hydrogen) atoms. The highest BCUT2D eigenvalue weighted by atomic mass is 32.2. The van der Waals surface area contributed by atoms with Crippen LogP contribution in [0.3, 0.4) is 0 Å². The Morgan fingerprint density at radius 2 is 1.91 bits per heavy atom.